The molecule has 1 aromatic heterocycles. The van der Waals surface area contributed by atoms with Gasteiger partial charge in [0.2, 0.25) is 0 Å². The number of pyridine rings is 1. The lowest BCUT2D eigenvalue weighted by Crippen LogP contribution is -2.47. The molecule has 1 aliphatic heterocycles. The van der Waals surface area contributed by atoms with Gasteiger partial charge < -0.3 is 0 Å². The monoisotopic (exact) mass is 260 g/mol. The van der Waals surface area contributed by atoms with Gasteiger partial charge in [0.15, 0.2) is 0 Å². The van der Waals surface area contributed by atoms with E-state index >= 15 is 0 Å². The summed E-state index contributed by atoms with van der Waals surface area (Å²) in [4.78, 5) is 7.40. The molecule has 2 nitrogen and oxygen atoms in total. The zero-order valence-electron chi connectivity index (χ0n) is 13.0. The van der Waals surface area contributed by atoms with Gasteiger partial charge >= 0.3 is 0 Å². The fourth-order valence-electron chi connectivity index (χ4n) is 3.27. The van der Waals surface area contributed by atoms with E-state index in [1.54, 1.807) is 5.56 Å². The Morgan fingerprint density at radius 2 is 2.05 bits per heavy atom. The maximum atomic E-state index is 4.74. The SMILES string of the molecule is CC.CCc1cc(C)nc2c1CC(N1CCC1)CC2. The maximum absolute atomic E-state index is 4.74. The standard InChI is InChI=1S/C15H22N2.C2H6/c1-3-12-9-11(2)16-15-6-5-13(10-14(12)15)17-7-4-8-17;1-2/h9,13H,3-8,10H2,1-2H3;1-2H3. The minimum atomic E-state index is 0.797. The van der Waals surface area contributed by atoms with Gasteiger partial charge in [0, 0.05) is 17.4 Å². The van der Waals surface area contributed by atoms with Gasteiger partial charge in [-0.15, -0.1) is 0 Å². The van der Waals surface area contributed by atoms with E-state index in [0.717, 1.165) is 12.5 Å². The molecule has 0 spiro atoms. The normalized spacial score (nSPS) is 22.0. The largest absolute Gasteiger partial charge is 0.300 e. The molecule has 1 atom stereocenters. The summed E-state index contributed by atoms with van der Waals surface area (Å²) in [5, 5.41) is 0. The van der Waals surface area contributed by atoms with Gasteiger partial charge in [-0.1, -0.05) is 20.8 Å². The molecule has 3 rings (SSSR count). The van der Waals surface area contributed by atoms with Crippen LogP contribution in [0.25, 0.3) is 0 Å². The third-order valence-electron chi connectivity index (χ3n) is 4.37. The molecular formula is C17H28N2. The summed E-state index contributed by atoms with van der Waals surface area (Å²) in [5.74, 6) is 0. The molecule has 1 aliphatic carbocycles. The summed E-state index contributed by atoms with van der Waals surface area (Å²) in [6.07, 6.45) is 6.29. The lowest BCUT2D eigenvalue weighted by atomic mass is 9.86. The molecule has 1 saturated heterocycles. The van der Waals surface area contributed by atoms with Crippen LogP contribution >= 0.6 is 0 Å². The van der Waals surface area contributed by atoms with Crippen LogP contribution in [0.1, 0.15) is 56.1 Å². The van der Waals surface area contributed by atoms with Crippen molar-refractivity contribution in [1.82, 2.24) is 9.88 Å². The summed E-state index contributed by atoms with van der Waals surface area (Å²) in [7, 11) is 0. The van der Waals surface area contributed by atoms with E-state index < -0.39 is 0 Å². The molecule has 0 amide bonds. The number of rotatable bonds is 2. The average Bonchev–Trinajstić information content (AvgIpc) is 2.38. The Labute approximate surface area is 118 Å². The number of nitrogens with zero attached hydrogens (tertiary/aromatic N) is 2. The topological polar surface area (TPSA) is 16.1 Å². The predicted octanol–water partition coefficient (Wildman–Crippen LogP) is 3.54. The number of aromatic nitrogens is 1. The highest BCUT2D eigenvalue weighted by molar-refractivity contribution is 5.35. The van der Waals surface area contributed by atoms with E-state index in [4.69, 9.17) is 4.98 Å². The third kappa shape index (κ3) is 3.00. The van der Waals surface area contributed by atoms with Crippen LogP contribution in [0.2, 0.25) is 0 Å². The summed E-state index contributed by atoms with van der Waals surface area (Å²) in [5.41, 5.74) is 5.69. The number of hydrogen-bond donors (Lipinski definition) is 0. The molecule has 0 bridgehead atoms. The van der Waals surface area contributed by atoms with E-state index in [0.29, 0.717) is 0 Å². The first-order chi connectivity index (χ1) is 9.28. The van der Waals surface area contributed by atoms with Crippen LogP contribution in [0, 0.1) is 6.92 Å². The van der Waals surface area contributed by atoms with Crippen LogP contribution in [0.4, 0.5) is 0 Å². The average molecular weight is 260 g/mol. The second-order valence-corrected chi connectivity index (χ2v) is 5.49. The highest BCUT2D eigenvalue weighted by atomic mass is 15.2. The molecule has 1 fully saturated rings. The molecule has 0 radical (unpaired) electrons. The smallest absolute Gasteiger partial charge is 0.0442 e. The fourth-order valence-corrected chi connectivity index (χ4v) is 3.27. The minimum absolute atomic E-state index is 0.797. The van der Waals surface area contributed by atoms with Crippen LogP contribution in [0.15, 0.2) is 6.07 Å². The summed E-state index contributed by atoms with van der Waals surface area (Å²) < 4.78 is 0. The lowest BCUT2D eigenvalue weighted by molar-refractivity contribution is 0.107. The van der Waals surface area contributed by atoms with Crippen molar-refractivity contribution in [1.29, 1.82) is 0 Å². The highest BCUT2D eigenvalue weighted by Gasteiger charge is 2.29. The Hall–Kier alpha value is -0.890. The summed E-state index contributed by atoms with van der Waals surface area (Å²) in [6.45, 7) is 11.0. The van der Waals surface area contributed by atoms with Crippen LogP contribution in [-0.4, -0.2) is 29.0 Å². The molecule has 0 N–H and O–H groups in total. The zero-order chi connectivity index (χ0) is 13.8. The Kier molecular flexibility index (Phi) is 4.98. The van der Waals surface area contributed by atoms with Crippen molar-refractivity contribution in [2.75, 3.05) is 13.1 Å². The second-order valence-electron chi connectivity index (χ2n) is 5.49. The van der Waals surface area contributed by atoms with E-state index in [9.17, 15) is 0 Å². The highest BCUT2D eigenvalue weighted by Crippen LogP contribution is 2.29. The Balaban J connectivity index is 0.000000637. The van der Waals surface area contributed by atoms with Crippen molar-refractivity contribution < 1.29 is 0 Å². The third-order valence-corrected chi connectivity index (χ3v) is 4.37. The Morgan fingerprint density at radius 3 is 2.63 bits per heavy atom. The number of fused-ring (bicyclic) bond motifs is 1. The predicted molar refractivity (Wildman–Crippen MR) is 81.7 cm³/mol. The number of hydrogen-bond acceptors (Lipinski definition) is 2. The van der Waals surface area contributed by atoms with E-state index in [2.05, 4.69) is 24.8 Å². The molecule has 1 aromatic rings. The van der Waals surface area contributed by atoms with Gasteiger partial charge in [0.25, 0.3) is 0 Å². The van der Waals surface area contributed by atoms with Crippen molar-refractivity contribution in [3.63, 3.8) is 0 Å². The molecule has 0 aromatic carbocycles. The van der Waals surface area contributed by atoms with Crippen molar-refractivity contribution in [2.24, 2.45) is 0 Å². The van der Waals surface area contributed by atoms with Crippen molar-refractivity contribution in [3.8, 4) is 0 Å². The van der Waals surface area contributed by atoms with Gasteiger partial charge in [-0.2, -0.15) is 0 Å². The molecule has 106 valence electrons. The van der Waals surface area contributed by atoms with E-state index in [1.807, 2.05) is 13.8 Å². The van der Waals surface area contributed by atoms with Gasteiger partial charge in [-0.3, -0.25) is 9.88 Å². The van der Waals surface area contributed by atoms with Crippen LogP contribution in [0.3, 0.4) is 0 Å². The van der Waals surface area contributed by atoms with Crippen molar-refractivity contribution in [3.05, 3.63) is 28.6 Å². The Morgan fingerprint density at radius 1 is 1.32 bits per heavy atom. The first kappa shape index (κ1) is 14.5. The van der Waals surface area contributed by atoms with Gasteiger partial charge in [-0.05, 0) is 69.3 Å². The molecule has 2 aliphatic rings. The van der Waals surface area contributed by atoms with Gasteiger partial charge in [-0.25, -0.2) is 0 Å². The van der Waals surface area contributed by atoms with E-state index in [-0.39, 0.29) is 0 Å². The molecule has 19 heavy (non-hydrogen) atoms. The number of likely N-dealkylation sites (tertiary alicyclic amines) is 1. The van der Waals surface area contributed by atoms with Crippen molar-refractivity contribution >= 4 is 0 Å². The maximum Gasteiger partial charge on any atom is 0.0442 e. The second kappa shape index (κ2) is 6.51. The molecular weight excluding hydrogens is 232 g/mol. The number of aryl methyl sites for hydroxylation is 3. The van der Waals surface area contributed by atoms with Crippen LogP contribution < -0.4 is 0 Å². The molecule has 2 heterocycles. The first-order valence-corrected chi connectivity index (χ1v) is 8.00. The van der Waals surface area contributed by atoms with Crippen LogP contribution in [-0.2, 0) is 19.3 Å². The summed E-state index contributed by atoms with van der Waals surface area (Å²) in [6, 6.07) is 3.09. The molecule has 1 unspecified atom stereocenters. The van der Waals surface area contributed by atoms with Gasteiger partial charge in [0.1, 0.15) is 0 Å². The lowest BCUT2D eigenvalue weighted by Gasteiger charge is -2.41. The fraction of sp³-hybridized carbons (Fsp3) is 0.706. The summed E-state index contributed by atoms with van der Waals surface area (Å²) >= 11 is 0. The quantitative estimate of drug-likeness (QED) is 0.808. The van der Waals surface area contributed by atoms with Gasteiger partial charge in [0.05, 0.1) is 0 Å². The van der Waals surface area contributed by atoms with Crippen molar-refractivity contribution in [2.45, 2.75) is 65.8 Å². The van der Waals surface area contributed by atoms with E-state index in [1.165, 1.54) is 55.7 Å². The molecule has 0 saturated carbocycles. The zero-order valence-corrected chi connectivity index (χ0v) is 13.0. The first-order valence-electron chi connectivity index (χ1n) is 8.00. The molecule has 2 heteroatoms. The Bertz CT molecular complexity index is 404. The minimum Gasteiger partial charge on any atom is -0.300 e. The van der Waals surface area contributed by atoms with Crippen LogP contribution in [0.5, 0.6) is 0 Å².